The summed E-state index contributed by atoms with van der Waals surface area (Å²) in [5, 5.41) is 7.36. The molecule has 0 aliphatic heterocycles. The van der Waals surface area contributed by atoms with Gasteiger partial charge in [-0.25, -0.2) is 0 Å². The van der Waals surface area contributed by atoms with E-state index in [0.29, 0.717) is 22.1 Å². The van der Waals surface area contributed by atoms with E-state index in [2.05, 4.69) is 10.6 Å². The minimum Gasteiger partial charge on any atom is -0.348 e. The van der Waals surface area contributed by atoms with Crippen molar-refractivity contribution in [1.29, 1.82) is 0 Å². The first-order valence-electron chi connectivity index (χ1n) is 10.2. The zero-order valence-corrected chi connectivity index (χ0v) is 19.3. The van der Waals surface area contributed by atoms with E-state index in [1.165, 1.54) is 16.6 Å². The highest BCUT2D eigenvalue weighted by Crippen LogP contribution is 2.38. The zero-order valence-electron chi connectivity index (χ0n) is 16.9. The molecule has 0 fully saturated rings. The lowest BCUT2D eigenvalue weighted by Gasteiger charge is -2.13. The van der Waals surface area contributed by atoms with E-state index in [4.69, 9.17) is 11.6 Å². The van der Waals surface area contributed by atoms with Crippen LogP contribution in [0.15, 0.2) is 59.5 Å². The first kappa shape index (κ1) is 21.9. The van der Waals surface area contributed by atoms with E-state index in [-0.39, 0.29) is 17.6 Å². The van der Waals surface area contributed by atoms with Gasteiger partial charge in [-0.3, -0.25) is 9.59 Å². The lowest BCUT2D eigenvalue weighted by molar-refractivity contribution is -0.113. The molecule has 2 N–H and O–H groups in total. The fraction of sp³-hybridized carbons (Fsp3) is 0.250. The van der Waals surface area contributed by atoms with Crippen molar-refractivity contribution in [1.82, 2.24) is 5.32 Å². The van der Waals surface area contributed by atoms with Gasteiger partial charge in [0.1, 0.15) is 5.00 Å². The number of anilines is 1. The smallest absolute Gasteiger partial charge is 0.254 e. The first-order chi connectivity index (χ1) is 15.1. The summed E-state index contributed by atoms with van der Waals surface area (Å²) < 4.78 is 0. The SMILES string of the molecule is O=C(CSc1ccc(Cl)cc1)Nc1sc2c(c1C(=O)NCc1ccccc1)CCCC2. The molecule has 1 aliphatic rings. The van der Waals surface area contributed by atoms with Crippen LogP contribution in [-0.2, 0) is 24.2 Å². The predicted octanol–water partition coefficient (Wildman–Crippen LogP) is 5.94. The Hall–Kier alpha value is -2.28. The lowest BCUT2D eigenvalue weighted by Crippen LogP contribution is -2.25. The van der Waals surface area contributed by atoms with E-state index < -0.39 is 0 Å². The molecule has 1 aromatic heterocycles. The molecule has 7 heteroatoms. The van der Waals surface area contributed by atoms with Gasteiger partial charge in [-0.15, -0.1) is 23.1 Å². The maximum Gasteiger partial charge on any atom is 0.254 e. The second kappa shape index (κ2) is 10.4. The van der Waals surface area contributed by atoms with Crippen molar-refractivity contribution in [2.75, 3.05) is 11.1 Å². The van der Waals surface area contributed by atoms with Gasteiger partial charge >= 0.3 is 0 Å². The number of hydrogen-bond donors (Lipinski definition) is 2. The molecule has 2 amide bonds. The molecule has 4 nitrogen and oxygen atoms in total. The third-order valence-corrected chi connectivity index (χ3v) is 7.60. The molecule has 0 bridgehead atoms. The Kier molecular flexibility index (Phi) is 7.33. The highest BCUT2D eigenvalue weighted by molar-refractivity contribution is 8.00. The molecule has 0 saturated heterocycles. The minimum absolute atomic E-state index is 0.115. The molecule has 160 valence electrons. The molecule has 4 rings (SSSR count). The van der Waals surface area contributed by atoms with Gasteiger partial charge in [0.2, 0.25) is 5.91 Å². The van der Waals surface area contributed by atoms with Crippen LogP contribution in [0.4, 0.5) is 5.00 Å². The first-order valence-corrected chi connectivity index (χ1v) is 12.4. The summed E-state index contributed by atoms with van der Waals surface area (Å²) in [6, 6.07) is 17.2. The third kappa shape index (κ3) is 5.70. The number of thiophene rings is 1. The molecule has 0 spiro atoms. The molecule has 1 heterocycles. The third-order valence-electron chi connectivity index (χ3n) is 5.13. The molecular formula is C24H23ClN2O2S2. The van der Waals surface area contributed by atoms with Crippen LogP contribution >= 0.6 is 34.7 Å². The fourth-order valence-corrected chi connectivity index (χ4v) is 5.73. The van der Waals surface area contributed by atoms with E-state index in [1.807, 2.05) is 54.6 Å². The molecule has 31 heavy (non-hydrogen) atoms. The summed E-state index contributed by atoms with van der Waals surface area (Å²) in [6.45, 7) is 0.462. The maximum atomic E-state index is 13.1. The number of nitrogens with one attached hydrogen (secondary N) is 2. The van der Waals surface area contributed by atoms with Crippen LogP contribution in [0, 0.1) is 0 Å². The number of thioether (sulfide) groups is 1. The van der Waals surface area contributed by atoms with Crippen LogP contribution in [0.2, 0.25) is 5.02 Å². The zero-order chi connectivity index (χ0) is 21.6. The van der Waals surface area contributed by atoms with Crippen LogP contribution in [-0.4, -0.2) is 17.6 Å². The van der Waals surface area contributed by atoms with Gasteiger partial charge in [0, 0.05) is 21.3 Å². The van der Waals surface area contributed by atoms with Crippen molar-refractivity contribution in [3.63, 3.8) is 0 Å². The van der Waals surface area contributed by atoms with Gasteiger partial charge < -0.3 is 10.6 Å². The Morgan fingerprint density at radius 1 is 1.00 bits per heavy atom. The number of amides is 2. The van der Waals surface area contributed by atoms with E-state index >= 15 is 0 Å². The number of rotatable bonds is 7. The summed E-state index contributed by atoms with van der Waals surface area (Å²) in [5.74, 6) is 0.0366. The average molecular weight is 471 g/mol. The molecule has 0 unspecified atom stereocenters. The predicted molar refractivity (Wildman–Crippen MR) is 129 cm³/mol. The van der Waals surface area contributed by atoms with Crippen molar-refractivity contribution in [3.8, 4) is 0 Å². The number of fused-ring (bicyclic) bond motifs is 1. The Morgan fingerprint density at radius 3 is 2.52 bits per heavy atom. The summed E-state index contributed by atoms with van der Waals surface area (Å²) in [6.07, 6.45) is 4.05. The van der Waals surface area contributed by atoms with Crippen LogP contribution < -0.4 is 10.6 Å². The number of benzene rings is 2. The summed E-state index contributed by atoms with van der Waals surface area (Å²) >= 11 is 8.91. The quantitative estimate of drug-likeness (QED) is 0.420. The standard InChI is InChI=1S/C24H23ClN2O2S2/c25-17-10-12-18(13-11-17)30-15-21(28)27-24-22(19-8-4-5-9-20(19)31-24)23(29)26-14-16-6-2-1-3-7-16/h1-3,6-7,10-13H,4-5,8-9,14-15H2,(H,26,29)(H,27,28). The second-order valence-corrected chi connectivity index (χ2v) is 9.96. The highest BCUT2D eigenvalue weighted by atomic mass is 35.5. The fourth-order valence-electron chi connectivity index (χ4n) is 3.60. The Balaban J connectivity index is 1.46. The number of aryl methyl sites for hydroxylation is 1. The number of carbonyl (C=O) groups is 2. The Morgan fingerprint density at radius 2 is 1.74 bits per heavy atom. The Labute approximate surface area is 195 Å². The van der Waals surface area contributed by atoms with Crippen molar-refractivity contribution in [2.24, 2.45) is 0 Å². The summed E-state index contributed by atoms with van der Waals surface area (Å²) in [4.78, 5) is 27.9. The van der Waals surface area contributed by atoms with Crippen LogP contribution in [0.25, 0.3) is 0 Å². The van der Waals surface area contributed by atoms with Gasteiger partial charge in [-0.05, 0) is 61.1 Å². The molecule has 1 aliphatic carbocycles. The van der Waals surface area contributed by atoms with Gasteiger partial charge in [0.25, 0.3) is 5.91 Å². The number of halogens is 1. The van der Waals surface area contributed by atoms with Crippen molar-refractivity contribution >= 4 is 51.5 Å². The lowest BCUT2D eigenvalue weighted by atomic mass is 9.95. The van der Waals surface area contributed by atoms with E-state index in [0.717, 1.165) is 41.7 Å². The molecule has 0 saturated carbocycles. The van der Waals surface area contributed by atoms with Crippen molar-refractivity contribution < 1.29 is 9.59 Å². The molecule has 2 aromatic carbocycles. The van der Waals surface area contributed by atoms with E-state index in [1.54, 1.807) is 11.3 Å². The molecular weight excluding hydrogens is 448 g/mol. The maximum absolute atomic E-state index is 13.1. The topological polar surface area (TPSA) is 58.2 Å². The second-order valence-electron chi connectivity index (χ2n) is 7.37. The monoisotopic (exact) mass is 470 g/mol. The van der Waals surface area contributed by atoms with Crippen molar-refractivity contribution in [3.05, 3.63) is 81.2 Å². The largest absolute Gasteiger partial charge is 0.348 e. The van der Waals surface area contributed by atoms with Gasteiger partial charge in [0.15, 0.2) is 0 Å². The average Bonchev–Trinajstić information content (AvgIpc) is 3.15. The van der Waals surface area contributed by atoms with Gasteiger partial charge in [-0.1, -0.05) is 41.9 Å². The number of hydrogen-bond acceptors (Lipinski definition) is 4. The summed E-state index contributed by atoms with van der Waals surface area (Å²) in [5.41, 5.74) is 2.79. The van der Waals surface area contributed by atoms with Crippen LogP contribution in [0.1, 0.15) is 39.2 Å². The molecule has 0 radical (unpaired) electrons. The Bertz CT molecular complexity index is 1070. The van der Waals surface area contributed by atoms with E-state index in [9.17, 15) is 9.59 Å². The van der Waals surface area contributed by atoms with Gasteiger partial charge in [-0.2, -0.15) is 0 Å². The molecule has 3 aromatic rings. The van der Waals surface area contributed by atoms with Gasteiger partial charge in [0.05, 0.1) is 11.3 Å². The van der Waals surface area contributed by atoms with Crippen LogP contribution in [0.5, 0.6) is 0 Å². The van der Waals surface area contributed by atoms with Crippen LogP contribution in [0.3, 0.4) is 0 Å². The number of carbonyl (C=O) groups excluding carboxylic acids is 2. The van der Waals surface area contributed by atoms with Crippen molar-refractivity contribution in [2.45, 2.75) is 37.1 Å². The normalized spacial score (nSPS) is 12.8. The summed E-state index contributed by atoms with van der Waals surface area (Å²) in [7, 11) is 0. The minimum atomic E-state index is -0.121. The highest BCUT2D eigenvalue weighted by Gasteiger charge is 2.26. The molecule has 0 atom stereocenters.